The number of nitro groups is 1. The van der Waals surface area contributed by atoms with E-state index in [2.05, 4.69) is 60.8 Å². The van der Waals surface area contributed by atoms with Crippen LogP contribution >= 0.6 is 0 Å². The zero-order valence-corrected chi connectivity index (χ0v) is 23.4. The Morgan fingerprint density at radius 3 is 2.00 bits per heavy atom. The minimum Gasteiger partial charge on any atom is -1.00 e. The summed E-state index contributed by atoms with van der Waals surface area (Å²) < 4.78 is 12.4. The van der Waals surface area contributed by atoms with Crippen molar-refractivity contribution >= 4 is 5.69 Å². The number of rotatable bonds is 12. The van der Waals surface area contributed by atoms with Crippen molar-refractivity contribution < 1.29 is 35.9 Å². The minimum absolute atomic E-state index is 0. The predicted octanol–water partition coefficient (Wildman–Crippen LogP) is 2.98. The Hall–Kier alpha value is -1.96. The summed E-state index contributed by atoms with van der Waals surface area (Å²) in [6, 6.07) is 15.2. The molecule has 0 N–H and O–H groups in total. The molecule has 2 rings (SSSR count). The van der Waals surface area contributed by atoms with Crippen LogP contribution in [0.2, 0.25) is 0 Å². The van der Waals surface area contributed by atoms with Gasteiger partial charge in [-0.25, -0.2) is 0 Å². The Morgan fingerprint density at radius 2 is 1.47 bits per heavy atom. The first kappa shape index (κ1) is 30.1. The fraction of sp³-hybridized carbons (Fsp3) is 0.556. The van der Waals surface area contributed by atoms with E-state index in [9.17, 15) is 10.1 Å². The summed E-state index contributed by atoms with van der Waals surface area (Å²) >= 11 is 0. The molecule has 0 amide bonds. The van der Waals surface area contributed by atoms with Gasteiger partial charge in [0.1, 0.15) is 25.4 Å². The summed E-state index contributed by atoms with van der Waals surface area (Å²) in [5, 5.41) is 10.8. The quantitative estimate of drug-likeness (QED) is 0.181. The van der Waals surface area contributed by atoms with Crippen LogP contribution in [0.15, 0.2) is 48.5 Å². The third-order valence-electron chi connectivity index (χ3n) is 5.70. The molecule has 0 bridgehead atoms. The largest absolute Gasteiger partial charge is 1.00 e. The van der Waals surface area contributed by atoms with Gasteiger partial charge < -0.3 is 30.9 Å². The Bertz CT molecular complexity index is 888. The van der Waals surface area contributed by atoms with E-state index in [4.69, 9.17) is 9.47 Å². The average Bonchev–Trinajstić information content (AvgIpc) is 2.69. The van der Waals surface area contributed by atoms with E-state index in [-0.39, 0.29) is 38.4 Å². The van der Waals surface area contributed by atoms with Gasteiger partial charge in [0.2, 0.25) is 0 Å². The lowest BCUT2D eigenvalue weighted by Gasteiger charge is -2.33. The third-order valence-corrected chi connectivity index (χ3v) is 5.70. The lowest BCUT2D eigenvalue weighted by atomic mass is 9.72. The predicted molar refractivity (Wildman–Crippen MR) is 134 cm³/mol. The fourth-order valence-corrected chi connectivity index (χ4v) is 4.36. The van der Waals surface area contributed by atoms with Crippen LogP contribution < -0.4 is 21.7 Å². The standard InChI is InChI=1S/C27H41N2O4.BrH/c1-26(2,3)21-27(4,5)23-10-14-25(15-11-23)33-19-18-32-17-16-29(6,7)20-22-8-12-24(13-9-22)28(30)31;/h8-15H,16-21H2,1-7H3;1H/q+1;/p-1. The van der Waals surface area contributed by atoms with Crippen LogP contribution in [0.3, 0.4) is 0 Å². The molecule has 0 saturated heterocycles. The van der Waals surface area contributed by atoms with Gasteiger partial charge in [0.05, 0.1) is 32.2 Å². The summed E-state index contributed by atoms with van der Waals surface area (Å²) in [7, 11) is 4.26. The molecule has 34 heavy (non-hydrogen) atoms. The topological polar surface area (TPSA) is 61.6 Å². The maximum Gasteiger partial charge on any atom is 0.269 e. The van der Waals surface area contributed by atoms with E-state index in [1.165, 1.54) is 5.56 Å². The smallest absolute Gasteiger partial charge is 0.269 e. The molecule has 0 atom stereocenters. The lowest BCUT2D eigenvalue weighted by Crippen LogP contribution is -3.00. The van der Waals surface area contributed by atoms with E-state index < -0.39 is 0 Å². The van der Waals surface area contributed by atoms with Crippen LogP contribution in [0.5, 0.6) is 5.75 Å². The first-order valence-electron chi connectivity index (χ1n) is 11.6. The number of non-ortho nitro benzene ring substituents is 1. The fourth-order valence-electron chi connectivity index (χ4n) is 4.36. The summed E-state index contributed by atoms with van der Waals surface area (Å²) in [5.74, 6) is 0.864. The van der Waals surface area contributed by atoms with E-state index in [1.54, 1.807) is 12.1 Å². The molecule has 0 spiro atoms. The van der Waals surface area contributed by atoms with Crippen LogP contribution in [0.4, 0.5) is 5.69 Å². The normalized spacial score (nSPS) is 12.2. The van der Waals surface area contributed by atoms with Crippen molar-refractivity contribution in [2.75, 3.05) is 40.5 Å². The molecular weight excluding hydrogens is 496 g/mol. The van der Waals surface area contributed by atoms with Crippen molar-refractivity contribution in [2.24, 2.45) is 5.41 Å². The van der Waals surface area contributed by atoms with Crippen molar-refractivity contribution in [3.8, 4) is 5.75 Å². The highest BCUT2D eigenvalue weighted by molar-refractivity contribution is 5.33. The Labute approximate surface area is 215 Å². The summed E-state index contributed by atoms with van der Waals surface area (Å²) in [6.45, 7) is 14.7. The highest BCUT2D eigenvalue weighted by Gasteiger charge is 2.27. The van der Waals surface area contributed by atoms with Gasteiger partial charge in [-0.1, -0.05) is 46.8 Å². The lowest BCUT2D eigenvalue weighted by molar-refractivity contribution is -0.904. The van der Waals surface area contributed by atoms with E-state index in [1.807, 2.05) is 24.3 Å². The van der Waals surface area contributed by atoms with Crippen LogP contribution in [0.25, 0.3) is 0 Å². The van der Waals surface area contributed by atoms with E-state index in [0.29, 0.717) is 19.8 Å². The second-order valence-corrected chi connectivity index (χ2v) is 11.3. The molecule has 2 aromatic carbocycles. The third kappa shape index (κ3) is 10.5. The molecule has 0 heterocycles. The molecule has 0 aliphatic rings. The number of ether oxygens (including phenoxy) is 2. The molecule has 7 heteroatoms. The van der Waals surface area contributed by atoms with Gasteiger partial charge in [-0.2, -0.15) is 0 Å². The molecule has 190 valence electrons. The second kappa shape index (κ2) is 12.7. The maximum atomic E-state index is 10.8. The number of benzene rings is 2. The van der Waals surface area contributed by atoms with Crippen LogP contribution in [0.1, 0.15) is 52.2 Å². The summed E-state index contributed by atoms with van der Waals surface area (Å²) in [5.41, 5.74) is 2.93. The first-order chi connectivity index (χ1) is 15.3. The highest BCUT2D eigenvalue weighted by Crippen LogP contribution is 2.36. The molecule has 0 unspecified atom stereocenters. The number of quaternary nitrogens is 1. The van der Waals surface area contributed by atoms with Gasteiger partial charge in [0.25, 0.3) is 5.69 Å². The molecule has 0 aromatic heterocycles. The molecule has 0 saturated carbocycles. The van der Waals surface area contributed by atoms with E-state index >= 15 is 0 Å². The molecule has 0 fully saturated rings. The maximum absolute atomic E-state index is 10.8. The monoisotopic (exact) mass is 536 g/mol. The molecule has 0 aliphatic carbocycles. The molecule has 0 aliphatic heterocycles. The SMILES string of the molecule is CC(C)(C)CC(C)(C)c1ccc(OCCOCC[N+](C)(C)Cc2ccc([N+](=O)[O-])cc2)cc1.[Br-]. The van der Waals surface area contributed by atoms with Gasteiger partial charge in [0.15, 0.2) is 0 Å². The Kier molecular flexibility index (Phi) is 11.2. The number of halogens is 1. The van der Waals surface area contributed by atoms with Crippen molar-refractivity contribution in [1.29, 1.82) is 0 Å². The molecule has 0 radical (unpaired) electrons. The van der Waals surface area contributed by atoms with Crippen molar-refractivity contribution in [3.63, 3.8) is 0 Å². The van der Waals surface area contributed by atoms with Gasteiger partial charge in [-0.3, -0.25) is 10.1 Å². The minimum atomic E-state index is -0.373. The number of likely N-dealkylation sites (N-methyl/N-ethyl adjacent to an activating group) is 1. The van der Waals surface area contributed by atoms with E-state index in [0.717, 1.165) is 35.3 Å². The van der Waals surface area contributed by atoms with Crippen LogP contribution in [0, 0.1) is 15.5 Å². The Morgan fingerprint density at radius 1 is 0.882 bits per heavy atom. The number of nitrogens with zero attached hydrogens (tertiary/aromatic N) is 2. The van der Waals surface area contributed by atoms with Crippen molar-refractivity contribution in [3.05, 3.63) is 69.8 Å². The van der Waals surface area contributed by atoms with Gasteiger partial charge in [-0.05, 0) is 47.1 Å². The average molecular weight is 538 g/mol. The molecule has 6 nitrogen and oxygen atoms in total. The first-order valence-corrected chi connectivity index (χ1v) is 11.6. The van der Waals surface area contributed by atoms with Gasteiger partial charge >= 0.3 is 0 Å². The summed E-state index contributed by atoms with van der Waals surface area (Å²) in [6.07, 6.45) is 1.12. The second-order valence-electron chi connectivity index (χ2n) is 11.3. The van der Waals surface area contributed by atoms with Crippen molar-refractivity contribution in [2.45, 2.75) is 53.0 Å². The highest BCUT2D eigenvalue weighted by atomic mass is 79.9. The zero-order chi connectivity index (χ0) is 24.7. The number of hydrogen-bond donors (Lipinski definition) is 0. The van der Waals surface area contributed by atoms with Gasteiger partial charge in [-0.15, -0.1) is 0 Å². The number of hydrogen-bond acceptors (Lipinski definition) is 4. The van der Waals surface area contributed by atoms with Crippen molar-refractivity contribution in [1.82, 2.24) is 0 Å². The molecule has 2 aromatic rings. The number of nitro benzene ring substituents is 1. The van der Waals surface area contributed by atoms with Crippen LogP contribution in [-0.4, -0.2) is 49.9 Å². The summed E-state index contributed by atoms with van der Waals surface area (Å²) in [4.78, 5) is 10.4. The molecular formula is C27H41BrN2O4. The Balaban J connectivity index is 0.00000578. The van der Waals surface area contributed by atoms with Crippen LogP contribution in [-0.2, 0) is 16.7 Å². The van der Waals surface area contributed by atoms with Gasteiger partial charge in [0, 0.05) is 17.7 Å². The zero-order valence-electron chi connectivity index (χ0n) is 21.8.